The summed E-state index contributed by atoms with van der Waals surface area (Å²) in [5.41, 5.74) is 5.46. The smallest absolute Gasteiger partial charge is 0.146 e. The third-order valence-corrected chi connectivity index (χ3v) is 1.66. The van der Waals surface area contributed by atoms with Crippen LogP contribution in [0, 0.1) is 0 Å². The third-order valence-electron chi connectivity index (χ3n) is 1.66. The molecule has 0 aliphatic rings. The van der Waals surface area contributed by atoms with Crippen LogP contribution in [0.4, 0.5) is 5.82 Å². The summed E-state index contributed by atoms with van der Waals surface area (Å²) in [5.74, 6) is 1.95. The number of rotatable bonds is 3. The van der Waals surface area contributed by atoms with Crippen molar-refractivity contribution in [1.82, 2.24) is 15.0 Å². The number of nitrogens with two attached hydrogens (primary N) is 1. The maximum atomic E-state index is 5.46. The lowest BCUT2D eigenvalue weighted by Crippen LogP contribution is -1.97. The number of hydrogen-bond acceptors (Lipinski definition) is 4. The van der Waals surface area contributed by atoms with Gasteiger partial charge in [0.25, 0.3) is 0 Å². The first-order valence-corrected chi connectivity index (χ1v) is 4.17. The Balaban J connectivity index is 1.95. The first-order valence-electron chi connectivity index (χ1n) is 4.17. The molecular formula is C9H10N4O. The quantitative estimate of drug-likeness (QED) is 0.755. The van der Waals surface area contributed by atoms with Gasteiger partial charge < -0.3 is 15.5 Å². The van der Waals surface area contributed by atoms with Crippen molar-refractivity contribution in [2.24, 2.45) is 0 Å². The van der Waals surface area contributed by atoms with E-state index in [1.807, 2.05) is 12.1 Å². The van der Waals surface area contributed by atoms with Gasteiger partial charge in [-0.25, -0.2) is 4.98 Å². The Morgan fingerprint density at radius 3 is 3.00 bits per heavy atom. The van der Waals surface area contributed by atoms with Crippen LogP contribution in [0.2, 0.25) is 0 Å². The van der Waals surface area contributed by atoms with Crippen LogP contribution < -0.4 is 10.5 Å². The molecule has 5 nitrogen and oxygen atoms in total. The van der Waals surface area contributed by atoms with E-state index in [2.05, 4.69) is 15.0 Å². The van der Waals surface area contributed by atoms with E-state index in [-0.39, 0.29) is 0 Å². The van der Waals surface area contributed by atoms with Crippen molar-refractivity contribution in [3.05, 3.63) is 36.5 Å². The van der Waals surface area contributed by atoms with Crippen LogP contribution >= 0.6 is 0 Å². The second-order valence-corrected chi connectivity index (χ2v) is 2.76. The predicted molar refractivity (Wildman–Crippen MR) is 51.6 cm³/mol. The molecule has 0 fully saturated rings. The van der Waals surface area contributed by atoms with Crippen molar-refractivity contribution in [3.8, 4) is 5.75 Å². The number of anilines is 1. The molecule has 0 atom stereocenters. The van der Waals surface area contributed by atoms with E-state index in [1.165, 1.54) is 0 Å². The van der Waals surface area contributed by atoms with Gasteiger partial charge in [-0.2, -0.15) is 0 Å². The van der Waals surface area contributed by atoms with E-state index in [1.54, 1.807) is 18.6 Å². The van der Waals surface area contributed by atoms with Crippen molar-refractivity contribution >= 4 is 5.82 Å². The number of H-pyrrole nitrogens is 1. The highest BCUT2D eigenvalue weighted by molar-refractivity contribution is 5.24. The molecule has 2 rings (SSSR count). The fraction of sp³-hybridized carbons (Fsp3) is 0.111. The molecule has 0 spiro atoms. The topological polar surface area (TPSA) is 76.8 Å². The Labute approximate surface area is 81.0 Å². The van der Waals surface area contributed by atoms with Crippen molar-refractivity contribution in [2.75, 3.05) is 5.73 Å². The summed E-state index contributed by atoms with van der Waals surface area (Å²) >= 11 is 0. The molecule has 0 unspecified atom stereocenters. The number of nitrogen functional groups attached to an aromatic ring is 1. The van der Waals surface area contributed by atoms with Crippen LogP contribution in [-0.4, -0.2) is 15.0 Å². The van der Waals surface area contributed by atoms with Crippen molar-refractivity contribution in [1.29, 1.82) is 0 Å². The molecule has 2 aromatic rings. The Morgan fingerprint density at radius 2 is 2.36 bits per heavy atom. The maximum Gasteiger partial charge on any atom is 0.146 e. The lowest BCUT2D eigenvalue weighted by molar-refractivity contribution is 0.296. The molecular weight excluding hydrogens is 180 g/mol. The molecule has 0 bridgehead atoms. The zero-order valence-corrected chi connectivity index (χ0v) is 7.47. The van der Waals surface area contributed by atoms with Crippen LogP contribution in [0.1, 0.15) is 5.82 Å². The van der Waals surface area contributed by atoms with Crippen molar-refractivity contribution in [3.63, 3.8) is 0 Å². The minimum atomic E-state index is 0.364. The zero-order valence-electron chi connectivity index (χ0n) is 7.47. The zero-order chi connectivity index (χ0) is 9.80. The van der Waals surface area contributed by atoms with E-state index < -0.39 is 0 Å². The number of hydrogen-bond donors (Lipinski definition) is 2. The summed E-state index contributed by atoms with van der Waals surface area (Å²) in [4.78, 5) is 10.8. The second kappa shape index (κ2) is 3.78. The van der Waals surface area contributed by atoms with E-state index in [9.17, 15) is 0 Å². The fourth-order valence-corrected chi connectivity index (χ4v) is 1.04. The SMILES string of the molecule is Nc1cnc(COc2cccnc2)[nH]1. The van der Waals surface area contributed by atoms with Gasteiger partial charge in [-0.05, 0) is 12.1 Å². The molecule has 14 heavy (non-hydrogen) atoms. The minimum absolute atomic E-state index is 0.364. The Bertz CT molecular complexity index is 398. The number of nitrogens with one attached hydrogen (secondary N) is 1. The molecule has 0 amide bonds. The third kappa shape index (κ3) is 2.01. The highest BCUT2D eigenvalue weighted by Crippen LogP contribution is 2.08. The molecule has 0 aliphatic carbocycles. The van der Waals surface area contributed by atoms with Crippen LogP contribution in [0.15, 0.2) is 30.7 Å². The predicted octanol–water partition coefficient (Wildman–Crippen LogP) is 0.966. The normalized spacial score (nSPS) is 10.0. The average molecular weight is 190 g/mol. The van der Waals surface area contributed by atoms with Crippen LogP contribution in [-0.2, 0) is 6.61 Å². The molecule has 3 N–H and O–H groups in total. The highest BCUT2D eigenvalue weighted by Gasteiger charge is 1.98. The highest BCUT2D eigenvalue weighted by atomic mass is 16.5. The van der Waals surface area contributed by atoms with Gasteiger partial charge in [0, 0.05) is 6.20 Å². The average Bonchev–Trinajstić information content (AvgIpc) is 2.63. The molecule has 0 saturated heterocycles. The molecule has 0 aliphatic heterocycles. The maximum absolute atomic E-state index is 5.46. The first-order chi connectivity index (χ1) is 6.84. The lowest BCUT2D eigenvalue weighted by atomic mass is 10.5. The Kier molecular flexibility index (Phi) is 2.31. The van der Waals surface area contributed by atoms with E-state index in [0.29, 0.717) is 24.0 Å². The number of ether oxygens (including phenoxy) is 1. The largest absolute Gasteiger partial charge is 0.484 e. The molecule has 2 aromatic heterocycles. The first kappa shape index (κ1) is 8.55. The van der Waals surface area contributed by atoms with Gasteiger partial charge >= 0.3 is 0 Å². The Hall–Kier alpha value is -2.04. The van der Waals surface area contributed by atoms with E-state index in [4.69, 9.17) is 10.5 Å². The molecule has 72 valence electrons. The fourth-order valence-electron chi connectivity index (χ4n) is 1.04. The van der Waals surface area contributed by atoms with Gasteiger partial charge in [0.05, 0.1) is 12.4 Å². The summed E-state index contributed by atoms with van der Waals surface area (Å²) in [5, 5.41) is 0. The minimum Gasteiger partial charge on any atom is -0.484 e. The summed E-state index contributed by atoms with van der Waals surface area (Å²) in [7, 11) is 0. The lowest BCUT2D eigenvalue weighted by Gasteiger charge is -2.01. The number of aromatic nitrogens is 3. The molecule has 0 saturated carbocycles. The van der Waals surface area contributed by atoms with Gasteiger partial charge in [-0.15, -0.1) is 0 Å². The number of pyridine rings is 1. The molecule has 0 aromatic carbocycles. The molecule has 0 radical (unpaired) electrons. The summed E-state index contributed by atoms with van der Waals surface area (Å²) in [6, 6.07) is 3.64. The number of imidazole rings is 1. The van der Waals surface area contributed by atoms with Gasteiger partial charge in [-0.1, -0.05) is 0 Å². The van der Waals surface area contributed by atoms with Crippen molar-refractivity contribution < 1.29 is 4.74 Å². The van der Waals surface area contributed by atoms with Crippen LogP contribution in [0.25, 0.3) is 0 Å². The standard InChI is InChI=1S/C9H10N4O/c10-8-5-12-9(13-8)6-14-7-2-1-3-11-4-7/h1-5H,6,10H2,(H,12,13). The van der Waals surface area contributed by atoms with Crippen LogP contribution in [0.5, 0.6) is 5.75 Å². The van der Waals surface area contributed by atoms with Crippen LogP contribution in [0.3, 0.4) is 0 Å². The Morgan fingerprint density at radius 1 is 1.43 bits per heavy atom. The van der Waals surface area contributed by atoms with Gasteiger partial charge in [0.1, 0.15) is 24.0 Å². The summed E-state index contributed by atoms with van der Waals surface area (Å²) in [6.07, 6.45) is 4.89. The molecule has 2 heterocycles. The summed E-state index contributed by atoms with van der Waals surface area (Å²) in [6.45, 7) is 0.364. The summed E-state index contributed by atoms with van der Waals surface area (Å²) < 4.78 is 5.39. The van der Waals surface area contributed by atoms with E-state index in [0.717, 1.165) is 0 Å². The van der Waals surface area contributed by atoms with Crippen molar-refractivity contribution in [2.45, 2.75) is 6.61 Å². The van der Waals surface area contributed by atoms with Gasteiger partial charge in [-0.3, -0.25) is 4.98 Å². The number of nitrogens with zero attached hydrogens (tertiary/aromatic N) is 2. The second-order valence-electron chi connectivity index (χ2n) is 2.76. The monoisotopic (exact) mass is 190 g/mol. The van der Waals surface area contributed by atoms with Gasteiger partial charge in [0.15, 0.2) is 0 Å². The number of aromatic amines is 1. The molecule has 5 heteroatoms. The van der Waals surface area contributed by atoms with Gasteiger partial charge in [0.2, 0.25) is 0 Å². The van der Waals surface area contributed by atoms with E-state index >= 15 is 0 Å².